The molecule has 2 aromatic carbocycles. The highest BCUT2D eigenvalue weighted by Crippen LogP contribution is 2.13. The van der Waals surface area contributed by atoms with E-state index < -0.39 is 163 Å². The Balaban J connectivity index is 1.38. The van der Waals surface area contributed by atoms with Crippen LogP contribution in [0.15, 0.2) is 60.7 Å². The highest BCUT2D eigenvalue weighted by Gasteiger charge is 2.36. The van der Waals surface area contributed by atoms with E-state index >= 15 is 0 Å². The number of amides is 12. The Morgan fingerprint density at radius 1 is 0.436 bits per heavy atom. The second-order valence-electron chi connectivity index (χ2n) is 22.4. The number of unbranched alkanes of at least 4 members (excludes halogenated alkanes) is 2. The van der Waals surface area contributed by atoms with Gasteiger partial charge in [-0.25, -0.2) is 0 Å². The molecular weight excluding hydrogens is 1230 g/mol. The first kappa shape index (κ1) is 76.0. The highest BCUT2D eigenvalue weighted by molar-refractivity contribution is 6.00. The monoisotopic (exact) mass is 1320 g/mol. The number of nitrogens with two attached hydrogens (primary N) is 3. The van der Waals surface area contributed by atoms with E-state index in [9.17, 15) is 77.3 Å². The molecule has 35 nitrogen and oxygen atoms in total. The van der Waals surface area contributed by atoms with E-state index in [1.165, 1.54) is 0 Å². The molecule has 35 heteroatoms. The Labute approximate surface area is 541 Å². The summed E-state index contributed by atoms with van der Waals surface area (Å²) in [6, 6.07) is 4.26. The molecular formula is C59H87N19O16. The van der Waals surface area contributed by atoms with Gasteiger partial charge < -0.3 is 102 Å². The molecule has 2 aliphatic heterocycles. The minimum Gasteiger partial charge on any atom is -0.481 e. The molecule has 0 bridgehead atoms. The largest absolute Gasteiger partial charge is 0.481 e. The van der Waals surface area contributed by atoms with Gasteiger partial charge in [0.1, 0.15) is 48.3 Å². The van der Waals surface area contributed by atoms with Crippen LogP contribution in [-0.4, -0.2) is 199 Å². The number of guanidine groups is 2. The standard InChI is InChI=1S/C59H87N19O16/c60-35(49(86)66-24-10-8-18-39-53(90)74-37(20-12-26-68-59(63)64)51(88)70-32-46(81)72-43(30-48(84)85)57(94)78-41(55(92)76-39)28-34-15-5-2-6-16-34)21-22-44(79)65-23-9-7-17-38-52(89)73-36(19-11-25-67-58(61)62)50(87)69-31-45(80)71-42(29-47(82)83)56(93)77-40(54(91)75-38)27-33-13-3-1-4-14-33/h1-6,13-16,35-43H,7-12,17-32,60H2,(H,65,79)(H,66,86)(H,69,87)(H,70,88)(H,71,80)(H,72,81)(H,73,89)(H,74,90)(H,75,91)(H,76,92)(H,77,93)(H,78,94)(H,82,83)(H,84,85)(H4,61,62,67)(H4,63,64,68)/t35-,36+,37+,38+,39+,40-,41-,42+,43+/m1/s1. The quantitative estimate of drug-likeness (QED) is 0.0197. The molecule has 24 N–H and O–H groups in total. The smallest absolute Gasteiger partial charge is 0.305 e. The lowest BCUT2D eigenvalue weighted by atomic mass is 10.0. The van der Waals surface area contributed by atoms with E-state index in [2.05, 4.69) is 74.4 Å². The molecule has 0 aliphatic carbocycles. The molecule has 12 amide bonds. The molecule has 94 heavy (non-hydrogen) atoms. The third-order valence-electron chi connectivity index (χ3n) is 14.7. The van der Waals surface area contributed by atoms with Crippen molar-refractivity contribution in [3.8, 4) is 0 Å². The van der Waals surface area contributed by atoms with Gasteiger partial charge in [-0.3, -0.25) is 77.9 Å². The first-order valence-corrected chi connectivity index (χ1v) is 30.7. The van der Waals surface area contributed by atoms with Gasteiger partial charge in [-0.2, -0.15) is 0 Å². The number of nitrogens with one attached hydrogen (secondary N) is 16. The van der Waals surface area contributed by atoms with Crippen LogP contribution in [0.25, 0.3) is 0 Å². The van der Waals surface area contributed by atoms with Crippen LogP contribution in [-0.2, 0) is 80.0 Å². The number of hydrogen-bond acceptors (Lipinski definition) is 17. The van der Waals surface area contributed by atoms with Crippen molar-refractivity contribution in [3.63, 3.8) is 0 Å². The maximum absolute atomic E-state index is 14.1. The van der Waals surface area contributed by atoms with Crippen LogP contribution in [0.3, 0.4) is 0 Å². The summed E-state index contributed by atoms with van der Waals surface area (Å²) in [6.45, 7) is -1.11. The third-order valence-corrected chi connectivity index (χ3v) is 14.7. The summed E-state index contributed by atoms with van der Waals surface area (Å²) < 4.78 is 0. The fourth-order valence-corrected chi connectivity index (χ4v) is 9.75. The van der Waals surface area contributed by atoms with E-state index in [1.807, 2.05) is 0 Å². The van der Waals surface area contributed by atoms with Crippen molar-refractivity contribution in [1.29, 1.82) is 10.8 Å². The van der Waals surface area contributed by atoms with Crippen LogP contribution in [0.1, 0.15) is 101 Å². The van der Waals surface area contributed by atoms with Crippen molar-refractivity contribution >= 4 is 94.7 Å². The van der Waals surface area contributed by atoms with E-state index in [0.717, 1.165) is 0 Å². The highest BCUT2D eigenvalue weighted by atomic mass is 16.4. The predicted octanol–water partition coefficient (Wildman–Crippen LogP) is -6.23. The SMILES string of the molecule is N=C(N)NCCC[C@@H]1NC(=O)[C@H](CCCCNC(=O)CC[C@@H](N)C(=O)NCCCC[C@@H]2NC(=O)[C@@H](Cc3ccccc3)NC(=O)[C@H](CC(=O)O)NC(=O)CNC(=O)[C@H](CCCNC(=N)N)NC2=O)NC(=O)[C@@H](Cc2ccccc2)NC(=O)[C@H](CC(=O)O)NC(=O)CNC1=O. The topological polar surface area (TPSA) is 574 Å². The molecule has 2 fully saturated rings. The second kappa shape index (κ2) is 40.4. The molecule has 0 aromatic heterocycles. The molecule has 2 aromatic rings. The van der Waals surface area contributed by atoms with Crippen molar-refractivity contribution < 1.29 is 77.3 Å². The van der Waals surface area contributed by atoms with Gasteiger partial charge in [0, 0.05) is 45.4 Å². The number of carboxylic acids is 2. The van der Waals surface area contributed by atoms with Gasteiger partial charge in [0.2, 0.25) is 70.9 Å². The van der Waals surface area contributed by atoms with Gasteiger partial charge >= 0.3 is 11.9 Å². The number of rotatable bonds is 30. The number of carbonyl (C=O) groups excluding carboxylic acids is 12. The van der Waals surface area contributed by atoms with Crippen molar-refractivity contribution in [2.24, 2.45) is 17.2 Å². The van der Waals surface area contributed by atoms with Crippen LogP contribution in [0.2, 0.25) is 0 Å². The van der Waals surface area contributed by atoms with Gasteiger partial charge in [-0.15, -0.1) is 0 Å². The van der Waals surface area contributed by atoms with Gasteiger partial charge in [-0.1, -0.05) is 60.7 Å². The molecule has 0 saturated carbocycles. The Morgan fingerprint density at radius 2 is 0.766 bits per heavy atom. The lowest BCUT2D eigenvalue weighted by Crippen LogP contribution is -2.58. The van der Waals surface area contributed by atoms with Gasteiger partial charge in [-0.05, 0) is 81.8 Å². The number of aliphatic carboxylic acids is 2. The molecule has 2 saturated heterocycles. The summed E-state index contributed by atoms with van der Waals surface area (Å²) in [5.41, 5.74) is 18.1. The zero-order valence-electron chi connectivity index (χ0n) is 51.9. The summed E-state index contributed by atoms with van der Waals surface area (Å²) in [5.74, 6) is -13.6. The molecule has 514 valence electrons. The third kappa shape index (κ3) is 29.2. The maximum Gasteiger partial charge on any atom is 0.305 e. The first-order chi connectivity index (χ1) is 44.8. The van der Waals surface area contributed by atoms with Crippen LogP contribution in [0.4, 0.5) is 0 Å². The molecule has 0 radical (unpaired) electrons. The first-order valence-electron chi connectivity index (χ1n) is 30.7. The van der Waals surface area contributed by atoms with Crippen molar-refractivity contribution in [3.05, 3.63) is 71.8 Å². The molecule has 4 rings (SSSR count). The Hall–Kier alpha value is -10.5. The van der Waals surface area contributed by atoms with Crippen molar-refractivity contribution in [2.45, 2.75) is 157 Å². The van der Waals surface area contributed by atoms with E-state index in [4.69, 9.17) is 28.0 Å². The molecule has 2 heterocycles. The summed E-state index contributed by atoms with van der Waals surface area (Å²) in [4.78, 5) is 186. The van der Waals surface area contributed by atoms with Crippen LogP contribution in [0.5, 0.6) is 0 Å². The van der Waals surface area contributed by atoms with Gasteiger partial charge in [0.05, 0.1) is 32.0 Å². The number of hydrogen-bond donors (Lipinski definition) is 21. The average Bonchev–Trinajstić information content (AvgIpc) is 1.34. The van der Waals surface area contributed by atoms with Gasteiger partial charge in [0.15, 0.2) is 11.9 Å². The Kier molecular flexibility index (Phi) is 32.6. The maximum atomic E-state index is 14.1. The van der Waals surface area contributed by atoms with E-state index in [0.29, 0.717) is 11.1 Å². The lowest BCUT2D eigenvalue weighted by Gasteiger charge is -2.26. The second-order valence-corrected chi connectivity index (χ2v) is 22.4. The fraction of sp³-hybridized carbons (Fsp3) is 0.525. The number of benzene rings is 2. The molecule has 0 spiro atoms. The summed E-state index contributed by atoms with van der Waals surface area (Å²) in [5, 5.41) is 69.5. The Bertz CT molecular complexity index is 3000. The van der Waals surface area contributed by atoms with Crippen LogP contribution in [0, 0.1) is 10.8 Å². The van der Waals surface area contributed by atoms with Crippen molar-refractivity contribution in [1.82, 2.24) is 74.4 Å². The predicted molar refractivity (Wildman–Crippen MR) is 335 cm³/mol. The van der Waals surface area contributed by atoms with Crippen LogP contribution < -0.4 is 91.6 Å². The normalized spacial score (nSPS) is 21.5. The minimum atomic E-state index is -1.68. The summed E-state index contributed by atoms with van der Waals surface area (Å²) in [6.07, 6.45) is -1.31. The molecule has 0 unspecified atom stereocenters. The molecule has 2 aliphatic rings. The van der Waals surface area contributed by atoms with E-state index in [-0.39, 0.29) is 128 Å². The zero-order chi connectivity index (χ0) is 69.1. The van der Waals surface area contributed by atoms with Gasteiger partial charge in [0.25, 0.3) is 0 Å². The fourth-order valence-electron chi connectivity index (χ4n) is 9.75. The lowest BCUT2D eigenvalue weighted by molar-refractivity contribution is -0.141. The van der Waals surface area contributed by atoms with Crippen LogP contribution >= 0.6 is 0 Å². The summed E-state index contributed by atoms with van der Waals surface area (Å²) in [7, 11) is 0. The summed E-state index contributed by atoms with van der Waals surface area (Å²) >= 11 is 0. The average molecular weight is 1320 g/mol. The Morgan fingerprint density at radius 3 is 1.15 bits per heavy atom. The number of carboxylic acid groups (broad SMARTS) is 2. The zero-order valence-corrected chi connectivity index (χ0v) is 51.9. The molecule has 9 atom stereocenters. The van der Waals surface area contributed by atoms with E-state index in [1.54, 1.807) is 60.7 Å². The van der Waals surface area contributed by atoms with Crippen molar-refractivity contribution in [2.75, 3.05) is 39.3 Å². The minimum absolute atomic E-state index is 0.0217. The number of carbonyl (C=O) groups is 14.